The van der Waals surface area contributed by atoms with Crippen LogP contribution in [-0.4, -0.2) is 39.4 Å². The van der Waals surface area contributed by atoms with Gasteiger partial charge in [0, 0.05) is 32.8 Å². The second-order valence-corrected chi connectivity index (χ2v) is 5.79. The predicted octanol–water partition coefficient (Wildman–Crippen LogP) is 0.318. The number of nitrogens with zero attached hydrogens (tertiary/aromatic N) is 1. The van der Waals surface area contributed by atoms with E-state index in [0.717, 1.165) is 6.42 Å². The minimum absolute atomic E-state index is 0.0393. The van der Waals surface area contributed by atoms with Gasteiger partial charge in [-0.2, -0.15) is 0 Å². The highest BCUT2D eigenvalue weighted by atomic mass is 32.2. The van der Waals surface area contributed by atoms with Crippen molar-refractivity contribution in [3.63, 3.8) is 0 Å². The average molecular weight is 300 g/mol. The third-order valence-corrected chi connectivity index (χ3v) is 3.93. The van der Waals surface area contributed by atoms with Crippen LogP contribution >= 0.6 is 0 Å². The molecule has 1 aromatic rings. The van der Waals surface area contributed by atoms with Gasteiger partial charge in [-0.1, -0.05) is 6.92 Å². The van der Waals surface area contributed by atoms with Crippen LogP contribution in [0.15, 0.2) is 23.4 Å². The van der Waals surface area contributed by atoms with Gasteiger partial charge in [-0.05, 0) is 18.6 Å². The van der Waals surface area contributed by atoms with Gasteiger partial charge in [-0.3, -0.25) is 4.79 Å². The lowest BCUT2D eigenvalue weighted by Crippen LogP contribution is -2.31. The number of carbonyl (C=O) groups is 1. The lowest BCUT2D eigenvalue weighted by Gasteiger charge is -2.09. The van der Waals surface area contributed by atoms with Crippen LogP contribution in [0.5, 0.6) is 0 Å². The van der Waals surface area contributed by atoms with E-state index in [-0.39, 0.29) is 23.9 Å². The molecule has 0 saturated carbocycles. The van der Waals surface area contributed by atoms with Gasteiger partial charge < -0.3 is 10.6 Å². The molecular formula is C12H20N4O3S. The Labute approximate surface area is 119 Å². The van der Waals surface area contributed by atoms with Crippen molar-refractivity contribution in [1.29, 1.82) is 0 Å². The number of pyridine rings is 1. The number of rotatable bonds is 8. The van der Waals surface area contributed by atoms with Gasteiger partial charge in [0.1, 0.15) is 0 Å². The number of carbonyl (C=O) groups excluding carboxylic acids is 1. The van der Waals surface area contributed by atoms with Crippen molar-refractivity contribution in [3.8, 4) is 0 Å². The average Bonchev–Trinajstić information content (AvgIpc) is 2.44. The number of hydrogen-bond acceptors (Lipinski definition) is 5. The van der Waals surface area contributed by atoms with E-state index in [0.29, 0.717) is 12.2 Å². The smallest absolute Gasteiger partial charge is 0.260 e. The van der Waals surface area contributed by atoms with Crippen LogP contribution in [0, 0.1) is 0 Å². The third kappa shape index (κ3) is 4.78. The van der Waals surface area contributed by atoms with Gasteiger partial charge in [0.15, 0.2) is 5.03 Å². The molecule has 0 saturated heterocycles. The summed E-state index contributed by atoms with van der Waals surface area (Å²) >= 11 is 0. The summed E-state index contributed by atoms with van der Waals surface area (Å²) in [7, 11) is -2.10. The summed E-state index contributed by atoms with van der Waals surface area (Å²) < 4.78 is 26.5. The summed E-state index contributed by atoms with van der Waals surface area (Å²) in [6.07, 6.45) is 2.35. The Kier molecular flexibility index (Phi) is 6.40. The third-order valence-electron chi connectivity index (χ3n) is 2.51. The number of aromatic nitrogens is 1. The molecule has 1 aromatic heterocycles. The number of sulfonamides is 1. The molecule has 0 aliphatic carbocycles. The summed E-state index contributed by atoms with van der Waals surface area (Å²) in [5, 5.41) is 5.37. The molecule has 7 nitrogen and oxygen atoms in total. The minimum Gasteiger partial charge on any atom is -0.386 e. The van der Waals surface area contributed by atoms with Crippen LogP contribution < -0.4 is 15.4 Å². The first-order valence-electron chi connectivity index (χ1n) is 6.40. The molecule has 112 valence electrons. The first kappa shape index (κ1) is 16.4. The van der Waals surface area contributed by atoms with Crippen LogP contribution in [0.1, 0.15) is 19.8 Å². The summed E-state index contributed by atoms with van der Waals surface area (Å²) in [6.45, 7) is 2.58. The Morgan fingerprint density at radius 1 is 1.35 bits per heavy atom. The molecule has 1 rings (SSSR count). The Bertz CT molecular complexity index is 545. The molecule has 1 amide bonds. The van der Waals surface area contributed by atoms with Gasteiger partial charge in [0.25, 0.3) is 10.0 Å². The van der Waals surface area contributed by atoms with Crippen molar-refractivity contribution in [3.05, 3.63) is 18.3 Å². The second-order valence-electron chi connectivity index (χ2n) is 4.10. The predicted molar refractivity (Wildman–Crippen MR) is 76.9 cm³/mol. The highest BCUT2D eigenvalue weighted by Gasteiger charge is 2.19. The summed E-state index contributed by atoms with van der Waals surface area (Å²) in [6, 6.07) is 3.26. The largest absolute Gasteiger partial charge is 0.386 e. The van der Waals surface area contributed by atoms with E-state index in [4.69, 9.17) is 0 Å². The maximum atomic E-state index is 12.1. The fraction of sp³-hybridized carbons (Fsp3) is 0.500. The van der Waals surface area contributed by atoms with Crippen LogP contribution in [0.2, 0.25) is 0 Å². The van der Waals surface area contributed by atoms with Crippen molar-refractivity contribution in [2.24, 2.45) is 0 Å². The maximum Gasteiger partial charge on any atom is 0.260 e. The number of hydrogen-bond donors (Lipinski definition) is 3. The van der Waals surface area contributed by atoms with Crippen LogP contribution in [0.4, 0.5) is 5.69 Å². The van der Waals surface area contributed by atoms with Crippen LogP contribution in [0.25, 0.3) is 0 Å². The lowest BCUT2D eigenvalue weighted by atomic mass is 10.4. The van der Waals surface area contributed by atoms with Crippen molar-refractivity contribution >= 4 is 21.6 Å². The molecule has 0 spiro atoms. The van der Waals surface area contributed by atoms with Gasteiger partial charge in [-0.25, -0.2) is 18.1 Å². The second kappa shape index (κ2) is 7.81. The normalized spacial score (nSPS) is 11.1. The number of nitrogens with one attached hydrogen (secondary N) is 3. The highest BCUT2D eigenvalue weighted by Crippen LogP contribution is 2.16. The molecule has 0 aliphatic rings. The number of amides is 1. The first-order chi connectivity index (χ1) is 9.51. The molecular weight excluding hydrogens is 280 g/mol. The Balaban J connectivity index is 2.60. The summed E-state index contributed by atoms with van der Waals surface area (Å²) in [5.74, 6) is -0.176. The monoisotopic (exact) mass is 300 g/mol. The quantitative estimate of drug-likeness (QED) is 0.642. The van der Waals surface area contributed by atoms with Crippen LogP contribution in [-0.2, 0) is 14.8 Å². The Morgan fingerprint density at radius 3 is 2.75 bits per heavy atom. The SMILES string of the molecule is CCCNC(=O)CCNS(=O)(=O)c1ncccc1NC. The zero-order valence-electron chi connectivity index (χ0n) is 11.6. The molecule has 0 fully saturated rings. The van der Waals surface area contributed by atoms with Gasteiger partial charge in [0.2, 0.25) is 5.91 Å². The van der Waals surface area contributed by atoms with Crippen molar-refractivity contribution in [1.82, 2.24) is 15.0 Å². The highest BCUT2D eigenvalue weighted by molar-refractivity contribution is 7.89. The first-order valence-corrected chi connectivity index (χ1v) is 7.88. The molecule has 0 atom stereocenters. The van der Waals surface area contributed by atoms with Gasteiger partial charge in [-0.15, -0.1) is 0 Å². The lowest BCUT2D eigenvalue weighted by molar-refractivity contribution is -0.120. The van der Waals surface area contributed by atoms with Crippen LogP contribution in [0.3, 0.4) is 0 Å². The summed E-state index contributed by atoms with van der Waals surface area (Å²) in [5.41, 5.74) is 0.412. The molecule has 0 bridgehead atoms. The van der Waals surface area contributed by atoms with Crippen molar-refractivity contribution < 1.29 is 13.2 Å². The van der Waals surface area contributed by atoms with Gasteiger partial charge >= 0.3 is 0 Å². The van der Waals surface area contributed by atoms with Gasteiger partial charge in [0.05, 0.1) is 5.69 Å². The Hall–Kier alpha value is -1.67. The molecule has 8 heteroatoms. The van der Waals surface area contributed by atoms with E-state index in [1.54, 1.807) is 19.2 Å². The zero-order chi connectivity index (χ0) is 15.0. The van der Waals surface area contributed by atoms with E-state index < -0.39 is 10.0 Å². The fourth-order valence-electron chi connectivity index (χ4n) is 1.52. The molecule has 0 aromatic carbocycles. The standard InChI is InChI=1S/C12H20N4O3S/c1-3-7-14-11(17)6-9-16-20(18,19)12-10(13-2)5-4-8-15-12/h4-5,8,13,16H,3,6-7,9H2,1-2H3,(H,14,17). The molecule has 3 N–H and O–H groups in total. The molecule has 0 radical (unpaired) electrons. The molecule has 0 unspecified atom stereocenters. The van der Waals surface area contributed by atoms with E-state index in [1.807, 2.05) is 6.92 Å². The van der Waals surface area contributed by atoms with E-state index in [9.17, 15) is 13.2 Å². The zero-order valence-corrected chi connectivity index (χ0v) is 12.5. The Morgan fingerprint density at radius 2 is 2.10 bits per heavy atom. The number of anilines is 1. The van der Waals surface area contributed by atoms with E-state index >= 15 is 0 Å². The van der Waals surface area contributed by atoms with Crippen molar-refractivity contribution in [2.75, 3.05) is 25.5 Å². The summed E-state index contributed by atoms with van der Waals surface area (Å²) in [4.78, 5) is 15.2. The molecule has 0 aliphatic heterocycles. The van der Waals surface area contributed by atoms with E-state index in [1.165, 1.54) is 6.20 Å². The minimum atomic E-state index is -3.72. The maximum absolute atomic E-state index is 12.1. The fourth-order valence-corrected chi connectivity index (χ4v) is 2.68. The molecule has 20 heavy (non-hydrogen) atoms. The van der Waals surface area contributed by atoms with E-state index in [2.05, 4.69) is 20.3 Å². The van der Waals surface area contributed by atoms with Crippen molar-refractivity contribution in [2.45, 2.75) is 24.8 Å². The molecule has 1 heterocycles. The topological polar surface area (TPSA) is 100 Å².